The molecule has 35 heavy (non-hydrogen) atoms. The molecule has 1 N–H and O–H groups in total. The second-order valence-corrected chi connectivity index (χ2v) is 10.4. The predicted octanol–water partition coefficient (Wildman–Crippen LogP) is 3.76. The molecule has 0 aliphatic rings. The summed E-state index contributed by atoms with van der Waals surface area (Å²) in [6, 6.07) is 9.21. The van der Waals surface area contributed by atoms with Crippen LogP contribution in [0.5, 0.6) is 0 Å². The summed E-state index contributed by atoms with van der Waals surface area (Å²) >= 11 is 0. The van der Waals surface area contributed by atoms with Gasteiger partial charge in [-0.15, -0.1) is 0 Å². The fourth-order valence-electron chi connectivity index (χ4n) is 3.69. The number of carbonyl (C=O) groups is 2. The first-order valence-electron chi connectivity index (χ1n) is 11.5. The maximum atomic E-state index is 13.8. The summed E-state index contributed by atoms with van der Waals surface area (Å²) in [5, 5.41) is 2.84. The summed E-state index contributed by atoms with van der Waals surface area (Å²) in [7, 11) is -4.03. The summed E-state index contributed by atoms with van der Waals surface area (Å²) in [6.45, 7) is 5.53. The molecule has 2 amide bonds. The molecule has 2 aromatic carbocycles. The molecule has 0 saturated heterocycles. The molecular formula is C25H33F2N3O4S. The number of benzene rings is 2. The molecule has 0 saturated carbocycles. The largest absolute Gasteiger partial charge is 0.354 e. The van der Waals surface area contributed by atoms with E-state index in [1.165, 1.54) is 4.90 Å². The van der Waals surface area contributed by atoms with E-state index in [2.05, 4.69) is 5.32 Å². The quantitative estimate of drug-likeness (QED) is 0.442. The number of aryl methyl sites for hydroxylation is 1. The lowest BCUT2D eigenvalue weighted by molar-refractivity contribution is -0.140. The van der Waals surface area contributed by atoms with Gasteiger partial charge < -0.3 is 10.2 Å². The number of rotatable bonds is 12. The molecule has 0 radical (unpaired) electrons. The first kappa shape index (κ1) is 28.2. The van der Waals surface area contributed by atoms with Gasteiger partial charge in [0.2, 0.25) is 21.8 Å². The minimum atomic E-state index is -4.03. The molecule has 0 spiro atoms. The third-order valence-corrected chi connectivity index (χ3v) is 6.66. The van der Waals surface area contributed by atoms with Crippen molar-refractivity contribution in [1.82, 2.24) is 10.2 Å². The molecule has 1 atom stereocenters. The maximum absolute atomic E-state index is 13.8. The van der Waals surface area contributed by atoms with Crippen molar-refractivity contribution in [1.29, 1.82) is 0 Å². The van der Waals surface area contributed by atoms with Crippen LogP contribution in [-0.4, -0.2) is 50.5 Å². The van der Waals surface area contributed by atoms with E-state index >= 15 is 0 Å². The molecule has 0 bridgehead atoms. The van der Waals surface area contributed by atoms with E-state index in [9.17, 15) is 26.8 Å². The van der Waals surface area contributed by atoms with Crippen molar-refractivity contribution in [3.05, 3.63) is 65.2 Å². The molecule has 0 fully saturated rings. The Morgan fingerprint density at radius 1 is 1.06 bits per heavy atom. The topological polar surface area (TPSA) is 86.8 Å². The Balaban J connectivity index is 2.42. The van der Waals surface area contributed by atoms with Gasteiger partial charge in [0, 0.05) is 19.2 Å². The van der Waals surface area contributed by atoms with Crippen molar-refractivity contribution in [3.63, 3.8) is 0 Å². The number of anilines is 1. The number of sulfonamides is 1. The van der Waals surface area contributed by atoms with E-state index in [0.29, 0.717) is 17.3 Å². The molecule has 2 rings (SSSR count). The number of carbonyl (C=O) groups excluding carboxylic acids is 2. The molecule has 0 aliphatic carbocycles. The van der Waals surface area contributed by atoms with Gasteiger partial charge in [0.25, 0.3) is 0 Å². The van der Waals surface area contributed by atoms with E-state index in [1.807, 2.05) is 38.1 Å². The van der Waals surface area contributed by atoms with Gasteiger partial charge >= 0.3 is 0 Å². The summed E-state index contributed by atoms with van der Waals surface area (Å²) in [5.74, 6) is -3.34. The summed E-state index contributed by atoms with van der Waals surface area (Å²) in [6.07, 6.45) is 2.85. The number of nitrogens with zero attached hydrogens (tertiary/aromatic N) is 2. The molecule has 0 heterocycles. The van der Waals surface area contributed by atoms with Crippen LogP contribution in [0.3, 0.4) is 0 Å². The second-order valence-electron chi connectivity index (χ2n) is 8.45. The fraction of sp³-hybridized carbons (Fsp3) is 0.440. The Bertz CT molecular complexity index is 1140. The normalized spacial score (nSPS) is 12.2. The highest BCUT2D eigenvalue weighted by Gasteiger charge is 2.31. The zero-order valence-corrected chi connectivity index (χ0v) is 21.4. The lowest BCUT2D eigenvalue weighted by atomic mass is 10.1. The number of nitrogens with one attached hydrogen (secondary N) is 1. The Morgan fingerprint density at radius 2 is 1.77 bits per heavy atom. The third kappa shape index (κ3) is 8.02. The fourth-order valence-corrected chi connectivity index (χ4v) is 4.53. The average Bonchev–Trinajstić information content (AvgIpc) is 2.78. The van der Waals surface area contributed by atoms with Crippen LogP contribution in [0.4, 0.5) is 14.5 Å². The molecular weight excluding hydrogens is 476 g/mol. The van der Waals surface area contributed by atoms with Crippen LogP contribution in [0, 0.1) is 18.6 Å². The predicted molar refractivity (Wildman–Crippen MR) is 132 cm³/mol. The number of hydrogen-bond donors (Lipinski definition) is 1. The molecule has 192 valence electrons. The molecule has 0 unspecified atom stereocenters. The summed E-state index contributed by atoms with van der Waals surface area (Å²) in [4.78, 5) is 27.8. The van der Waals surface area contributed by atoms with Crippen LogP contribution in [0.25, 0.3) is 0 Å². The Kier molecular flexibility index (Phi) is 10.2. The van der Waals surface area contributed by atoms with Gasteiger partial charge in [-0.2, -0.15) is 0 Å². The zero-order chi connectivity index (χ0) is 26.2. The zero-order valence-electron chi connectivity index (χ0n) is 20.6. The Hall–Kier alpha value is -3.01. The monoisotopic (exact) mass is 509 g/mol. The van der Waals surface area contributed by atoms with Crippen LogP contribution >= 0.6 is 0 Å². The van der Waals surface area contributed by atoms with Crippen molar-refractivity contribution >= 4 is 27.5 Å². The van der Waals surface area contributed by atoms with Gasteiger partial charge in [-0.3, -0.25) is 13.9 Å². The van der Waals surface area contributed by atoms with Gasteiger partial charge in [-0.05, 0) is 37.5 Å². The summed E-state index contributed by atoms with van der Waals surface area (Å²) < 4.78 is 53.0. The van der Waals surface area contributed by atoms with Crippen molar-refractivity contribution in [2.24, 2.45) is 0 Å². The minimum Gasteiger partial charge on any atom is -0.354 e. The molecule has 7 nitrogen and oxygen atoms in total. The van der Waals surface area contributed by atoms with E-state index in [1.54, 1.807) is 6.92 Å². The standard InChI is InChI=1S/C25H33F2N3O4S/c1-5-7-13-28-25(32)23(6-2)29(16-19-10-8-9-18(3)14-19)24(31)17-30(35(4,33)34)20-11-12-21(26)22(27)15-20/h8-12,14-15,23H,5-7,13,16-17H2,1-4H3,(H,28,32)/t23-/m0/s1. The van der Waals surface area contributed by atoms with Gasteiger partial charge in [0.1, 0.15) is 12.6 Å². The first-order chi connectivity index (χ1) is 16.5. The number of amides is 2. The SMILES string of the molecule is CCCCNC(=O)[C@H](CC)N(Cc1cccc(C)c1)C(=O)CN(c1ccc(F)c(F)c1)S(C)(=O)=O. The lowest BCUT2D eigenvalue weighted by Gasteiger charge is -2.33. The number of unbranched alkanes of at least 4 members (excludes halogenated alkanes) is 1. The first-order valence-corrected chi connectivity index (χ1v) is 13.4. The van der Waals surface area contributed by atoms with Gasteiger partial charge in [-0.25, -0.2) is 17.2 Å². The van der Waals surface area contributed by atoms with E-state index in [4.69, 9.17) is 0 Å². The lowest BCUT2D eigenvalue weighted by Crippen LogP contribution is -2.52. The Labute approximate surface area is 206 Å². The van der Waals surface area contributed by atoms with E-state index in [-0.39, 0.29) is 18.1 Å². The minimum absolute atomic E-state index is 0.0790. The van der Waals surface area contributed by atoms with Crippen LogP contribution < -0.4 is 9.62 Å². The van der Waals surface area contributed by atoms with Crippen LogP contribution in [-0.2, 0) is 26.2 Å². The maximum Gasteiger partial charge on any atom is 0.244 e. The molecule has 0 aliphatic heterocycles. The van der Waals surface area contributed by atoms with Crippen molar-refractivity contribution in [2.75, 3.05) is 23.7 Å². The highest BCUT2D eigenvalue weighted by atomic mass is 32.2. The number of halogens is 2. The summed E-state index contributed by atoms with van der Waals surface area (Å²) in [5.41, 5.74) is 1.56. The highest BCUT2D eigenvalue weighted by molar-refractivity contribution is 7.92. The third-order valence-electron chi connectivity index (χ3n) is 5.52. The smallest absolute Gasteiger partial charge is 0.244 e. The van der Waals surface area contributed by atoms with Crippen molar-refractivity contribution in [2.45, 2.75) is 52.6 Å². The van der Waals surface area contributed by atoms with Crippen molar-refractivity contribution < 1.29 is 26.8 Å². The number of hydrogen-bond acceptors (Lipinski definition) is 4. The Morgan fingerprint density at radius 3 is 2.34 bits per heavy atom. The van der Waals surface area contributed by atoms with E-state index < -0.39 is 40.2 Å². The molecule has 0 aromatic heterocycles. The molecule has 10 heteroatoms. The van der Waals surface area contributed by atoms with Crippen LogP contribution in [0.1, 0.15) is 44.2 Å². The van der Waals surface area contributed by atoms with Gasteiger partial charge in [-0.1, -0.05) is 50.1 Å². The highest BCUT2D eigenvalue weighted by Crippen LogP contribution is 2.22. The van der Waals surface area contributed by atoms with E-state index in [0.717, 1.165) is 48.4 Å². The van der Waals surface area contributed by atoms with Gasteiger partial charge in [0.15, 0.2) is 11.6 Å². The second kappa shape index (κ2) is 12.6. The van der Waals surface area contributed by atoms with Crippen LogP contribution in [0.2, 0.25) is 0 Å². The molecule has 2 aromatic rings. The van der Waals surface area contributed by atoms with Crippen LogP contribution in [0.15, 0.2) is 42.5 Å². The average molecular weight is 510 g/mol. The van der Waals surface area contributed by atoms with Crippen molar-refractivity contribution in [3.8, 4) is 0 Å². The van der Waals surface area contributed by atoms with Gasteiger partial charge in [0.05, 0.1) is 11.9 Å².